The van der Waals surface area contributed by atoms with Gasteiger partial charge in [0.25, 0.3) is 5.91 Å². The zero-order valence-electron chi connectivity index (χ0n) is 19.5. The maximum Gasteiger partial charge on any atom is 0.254 e. The van der Waals surface area contributed by atoms with Crippen molar-refractivity contribution < 1.29 is 19.1 Å². The number of piperidine rings is 2. The van der Waals surface area contributed by atoms with Gasteiger partial charge in [-0.3, -0.25) is 9.59 Å². The molecule has 0 N–H and O–H groups in total. The van der Waals surface area contributed by atoms with Crippen LogP contribution in [0.25, 0.3) is 0 Å². The van der Waals surface area contributed by atoms with Gasteiger partial charge in [-0.05, 0) is 62.4 Å². The molecule has 2 aromatic carbocycles. The predicted molar refractivity (Wildman–Crippen MR) is 128 cm³/mol. The van der Waals surface area contributed by atoms with Crippen molar-refractivity contribution in [1.29, 1.82) is 0 Å². The van der Waals surface area contributed by atoms with Crippen LogP contribution in [0.15, 0.2) is 54.6 Å². The van der Waals surface area contributed by atoms with Gasteiger partial charge in [0.2, 0.25) is 5.91 Å². The summed E-state index contributed by atoms with van der Waals surface area (Å²) < 4.78 is 11.5. The summed E-state index contributed by atoms with van der Waals surface area (Å²) in [5, 5.41) is 0. The summed E-state index contributed by atoms with van der Waals surface area (Å²) in [5.41, 5.74) is 0.202. The molecular weight excluding hydrogens is 416 g/mol. The van der Waals surface area contributed by atoms with Gasteiger partial charge in [-0.2, -0.15) is 0 Å². The molecule has 6 heteroatoms. The van der Waals surface area contributed by atoms with Gasteiger partial charge < -0.3 is 19.3 Å². The van der Waals surface area contributed by atoms with E-state index in [-0.39, 0.29) is 11.8 Å². The lowest BCUT2D eigenvalue weighted by Gasteiger charge is -2.43. The monoisotopic (exact) mass is 450 g/mol. The fourth-order valence-electron chi connectivity index (χ4n) is 4.96. The van der Waals surface area contributed by atoms with E-state index >= 15 is 0 Å². The highest BCUT2D eigenvalue weighted by atomic mass is 16.5. The zero-order valence-corrected chi connectivity index (χ0v) is 19.5. The number of nitrogens with zero attached hydrogens (tertiary/aromatic N) is 2. The Bertz CT molecular complexity index is 942. The van der Waals surface area contributed by atoms with Crippen molar-refractivity contribution in [2.24, 2.45) is 5.41 Å². The molecule has 0 radical (unpaired) electrons. The second kappa shape index (κ2) is 10.7. The van der Waals surface area contributed by atoms with E-state index in [2.05, 4.69) is 0 Å². The van der Waals surface area contributed by atoms with E-state index in [1.807, 2.05) is 58.3 Å². The molecule has 0 aliphatic carbocycles. The molecule has 2 aliphatic heterocycles. The van der Waals surface area contributed by atoms with Crippen LogP contribution >= 0.6 is 0 Å². The average Bonchev–Trinajstić information content (AvgIpc) is 2.88. The van der Waals surface area contributed by atoms with Gasteiger partial charge in [-0.1, -0.05) is 24.3 Å². The number of carbonyl (C=O) groups is 2. The summed E-state index contributed by atoms with van der Waals surface area (Å²) in [6.45, 7) is 3.27. The number of rotatable bonds is 7. The highest BCUT2D eigenvalue weighted by Gasteiger charge is 2.41. The molecule has 6 nitrogen and oxygen atoms in total. The molecule has 0 unspecified atom stereocenters. The molecule has 0 bridgehead atoms. The zero-order chi connectivity index (χ0) is 23.1. The van der Waals surface area contributed by atoms with Crippen LogP contribution in [0, 0.1) is 5.41 Å². The first-order valence-corrected chi connectivity index (χ1v) is 12.0. The highest BCUT2D eigenvalue weighted by Crippen LogP contribution is 2.36. The molecule has 176 valence electrons. The first-order valence-electron chi connectivity index (χ1n) is 12.0. The summed E-state index contributed by atoms with van der Waals surface area (Å²) in [6.07, 6.45) is 5.44. The van der Waals surface area contributed by atoms with Crippen molar-refractivity contribution in [2.75, 3.05) is 39.9 Å². The van der Waals surface area contributed by atoms with E-state index in [0.29, 0.717) is 37.4 Å². The second-order valence-corrected chi connectivity index (χ2v) is 9.28. The van der Waals surface area contributed by atoms with E-state index in [1.54, 1.807) is 13.2 Å². The average molecular weight is 451 g/mol. The van der Waals surface area contributed by atoms with Crippen LogP contribution in [0.3, 0.4) is 0 Å². The lowest BCUT2D eigenvalue weighted by Crippen LogP contribution is -2.51. The molecule has 0 aromatic heterocycles. The molecule has 0 spiro atoms. The molecule has 2 aromatic rings. The van der Waals surface area contributed by atoms with Crippen LogP contribution in [-0.2, 0) is 4.79 Å². The van der Waals surface area contributed by atoms with Gasteiger partial charge >= 0.3 is 0 Å². The standard InChI is InChI=1S/C27H34N2O4/c1-32-24-13-8-10-22(18-24)26(31)29-17-9-14-27(20-29,21-33-23-11-4-2-5-12-23)19-25(30)28-15-6-3-7-16-28/h2,4-5,8,10-13,18H,3,6-7,9,14-17,19-21H2,1H3/t27-/m1/s1. The molecule has 1 atom stereocenters. The molecule has 2 amide bonds. The smallest absolute Gasteiger partial charge is 0.254 e. The minimum absolute atomic E-state index is 0.0249. The summed E-state index contributed by atoms with van der Waals surface area (Å²) >= 11 is 0. The van der Waals surface area contributed by atoms with Gasteiger partial charge in [0.1, 0.15) is 11.5 Å². The van der Waals surface area contributed by atoms with Crippen LogP contribution in [0.4, 0.5) is 0 Å². The van der Waals surface area contributed by atoms with Crippen LogP contribution in [0.2, 0.25) is 0 Å². The van der Waals surface area contributed by atoms with E-state index in [0.717, 1.165) is 44.5 Å². The number of hydrogen-bond donors (Lipinski definition) is 0. The quantitative estimate of drug-likeness (QED) is 0.627. The van der Waals surface area contributed by atoms with Gasteiger partial charge in [0.15, 0.2) is 0 Å². The maximum atomic E-state index is 13.4. The van der Waals surface area contributed by atoms with Gasteiger partial charge in [0, 0.05) is 43.6 Å². The lowest BCUT2D eigenvalue weighted by molar-refractivity contribution is -0.136. The van der Waals surface area contributed by atoms with Gasteiger partial charge in [-0.15, -0.1) is 0 Å². The number of carbonyl (C=O) groups excluding carboxylic acids is 2. The van der Waals surface area contributed by atoms with E-state index in [4.69, 9.17) is 9.47 Å². The van der Waals surface area contributed by atoms with Crippen molar-refractivity contribution in [2.45, 2.75) is 38.5 Å². The highest BCUT2D eigenvalue weighted by molar-refractivity contribution is 5.94. The van der Waals surface area contributed by atoms with Crippen molar-refractivity contribution in [3.8, 4) is 11.5 Å². The minimum atomic E-state index is -0.406. The molecule has 2 heterocycles. The van der Waals surface area contributed by atoms with E-state index in [1.165, 1.54) is 6.42 Å². The largest absolute Gasteiger partial charge is 0.497 e. The normalized spacial score (nSPS) is 20.9. The fraction of sp³-hybridized carbons (Fsp3) is 0.481. The fourth-order valence-corrected chi connectivity index (χ4v) is 4.96. The Balaban J connectivity index is 1.53. The Kier molecular flexibility index (Phi) is 7.53. The van der Waals surface area contributed by atoms with E-state index in [9.17, 15) is 9.59 Å². The third-order valence-corrected chi connectivity index (χ3v) is 6.79. The summed E-state index contributed by atoms with van der Waals surface area (Å²) in [7, 11) is 1.60. The molecular formula is C27H34N2O4. The number of amides is 2. The van der Waals surface area contributed by atoms with Crippen molar-refractivity contribution in [3.63, 3.8) is 0 Å². The predicted octanol–water partition coefficient (Wildman–Crippen LogP) is 4.40. The van der Waals surface area contributed by atoms with Crippen molar-refractivity contribution in [3.05, 3.63) is 60.2 Å². The molecule has 2 aliphatic rings. The third kappa shape index (κ3) is 5.86. The maximum absolute atomic E-state index is 13.4. The van der Waals surface area contributed by atoms with Crippen LogP contribution in [0.1, 0.15) is 48.9 Å². The number of methoxy groups -OCH3 is 1. The summed E-state index contributed by atoms with van der Waals surface area (Å²) in [5.74, 6) is 1.61. The topological polar surface area (TPSA) is 59.1 Å². The Morgan fingerprint density at radius 3 is 2.36 bits per heavy atom. The molecule has 2 saturated heterocycles. The van der Waals surface area contributed by atoms with E-state index < -0.39 is 5.41 Å². The summed E-state index contributed by atoms with van der Waals surface area (Å²) in [4.78, 5) is 30.5. The number of para-hydroxylation sites is 1. The lowest BCUT2D eigenvalue weighted by atomic mass is 9.77. The summed E-state index contributed by atoms with van der Waals surface area (Å²) in [6, 6.07) is 17.0. The Morgan fingerprint density at radius 2 is 1.61 bits per heavy atom. The minimum Gasteiger partial charge on any atom is -0.497 e. The van der Waals surface area contributed by atoms with Crippen molar-refractivity contribution >= 4 is 11.8 Å². The third-order valence-electron chi connectivity index (χ3n) is 6.79. The van der Waals surface area contributed by atoms with Crippen LogP contribution < -0.4 is 9.47 Å². The molecule has 33 heavy (non-hydrogen) atoms. The first kappa shape index (κ1) is 23.1. The number of likely N-dealkylation sites (tertiary alicyclic amines) is 2. The van der Waals surface area contributed by atoms with Crippen LogP contribution in [-0.4, -0.2) is 61.5 Å². The number of hydrogen-bond acceptors (Lipinski definition) is 4. The number of ether oxygens (including phenoxy) is 2. The van der Waals surface area contributed by atoms with Gasteiger partial charge in [-0.25, -0.2) is 0 Å². The van der Waals surface area contributed by atoms with Gasteiger partial charge in [0.05, 0.1) is 13.7 Å². The molecule has 2 fully saturated rings. The first-order chi connectivity index (χ1) is 16.1. The Hall–Kier alpha value is -3.02. The second-order valence-electron chi connectivity index (χ2n) is 9.28. The van der Waals surface area contributed by atoms with Crippen LogP contribution in [0.5, 0.6) is 11.5 Å². The Morgan fingerprint density at radius 1 is 0.879 bits per heavy atom. The Labute approximate surface area is 196 Å². The van der Waals surface area contributed by atoms with Crippen molar-refractivity contribution in [1.82, 2.24) is 9.80 Å². The molecule has 0 saturated carbocycles. The number of benzene rings is 2. The molecule has 4 rings (SSSR count). The SMILES string of the molecule is COc1cccc(C(=O)N2CCC[C@@](COc3ccccc3)(CC(=O)N3CCCCC3)C2)c1.